The molecule has 1 saturated heterocycles. The number of nitrogens with two attached hydrogens (primary N) is 1. The number of halogens is 1. The highest BCUT2D eigenvalue weighted by Gasteiger charge is 2.22. The van der Waals surface area contributed by atoms with E-state index in [9.17, 15) is 9.18 Å². The zero-order valence-corrected chi connectivity index (χ0v) is 20.7. The Kier molecular flexibility index (Phi) is 7.87. The third-order valence-corrected chi connectivity index (χ3v) is 7.42. The van der Waals surface area contributed by atoms with Gasteiger partial charge in [0.2, 0.25) is 5.91 Å². The minimum Gasteiger partial charge on any atom is -0.412 e. The van der Waals surface area contributed by atoms with E-state index in [0.29, 0.717) is 11.5 Å². The lowest BCUT2D eigenvalue weighted by molar-refractivity contribution is 0.100. The molecular formula is C30H34FN3O2. The number of benzene rings is 3. The fourth-order valence-electron chi connectivity index (χ4n) is 5.43. The van der Waals surface area contributed by atoms with Crippen molar-refractivity contribution >= 4 is 16.8 Å². The Balaban J connectivity index is 0.00000304. The third kappa shape index (κ3) is 5.50. The molecule has 0 radical (unpaired) electrons. The van der Waals surface area contributed by atoms with Gasteiger partial charge < -0.3 is 15.8 Å². The Morgan fingerprint density at radius 3 is 2.39 bits per heavy atom. The number of carbonyl (C=O) groups is 1. The molecule has 5 nitrogen and oxygen atoms in total. The predicted octanol–water partition coefficient (Wildman–Crippen LogP) is 4.87. The number of aromatic nitrogens is 1. The van der Waals surface area contributed by atoms with Gasteiger partial charge in [0.1, 0.15) is 5.82 Å². The molecule has 0 spiro atoms. The van der Waals surface area contributed by atoms with Crippen molar-refractivity contribution in [2.75, 3.05) is 13.1 Å². The minimum absolute atomic E-state index is 0. The van der Waals surface area contributed by atoms with E-state index in [4.69, 9.17) is 5.73 Å². The van der Waals surface area contributed by atoms with Crippen molar-refractivity contribution in [3.05, 3.63) is 107 Å². The van der Waals surface area contributed by atoms with E-state index in [0.717, 1.165) is 51.0 Å². The first-order valence-electron chi connectivity index (χ1n) is 12.4. The molecule has 0 atom stereocenters. The molecule has 0 bridgehead atoms. The molecule has 4 N–H and O–H groups in total. The second kappa shape index (κ2) is 11.1. The first kappa shape index (κ1) is 25.6. The van der Waals surface area contributed by atoms with Crippen LogP contribution >= 0.6 is 0 Å². The van der Waals surface area contributed by atoms with Crippen LogP contribution in [0.2, 0.25) is 0 Å². The lowest BCUT2D eigenvalue weighted by Gasteiger charge is -2.32. The summed E-state index contributed by atoms with van der Waals surface area (Å²) in [7, 11) is 0. The lowest BCUT2D eigenvalue weighted by atomic mass is 9.96. The van der Waals surface area contributed by atoms with Gasteiger partial charge in [-0.05, 0) is 92.2 Å². The molecule has 1 amide bonds. The standard InChI is InChI=1S/C30H32FN3O.H2O/c1-21-28(18-22-9-11-25(12-10-22)30(32)35)27-7-2-3-8-29(27)34(21)20-23-13-15-33(16-14-23)19-24-5-4-6-26(31)17-24;/h2-12,17,23H,13-16,18-20H2,1H3,(H2,32,35);1H2. The maximum atomic E-state index is 13.5. The van der Waals surface area contributed by atoms with Gasteiger partial charge in [-0.1, -0.05) is 42.5 Å². The molecule has 188 valence electrons. The summed E-state index contributed by atoms with van der Waals surface area (Å²) in [5, 5.41) is 1.30. The van der Waals surface area contributed by atoms with E-state index in [1.165, 1.54) is 33.8 Å². The number of hydrogen-bond acceptors (Lipinski definition) is 2. The van der Waals surface area contributed by atoms with Crippen LogP contribution in [0.4, 0.5) is 4.39 Å². The van der Waals surface area contributed by atoms with Crippen LogP contribution < -0.4 is 5.73 Å². The molecule has 1 aliphatic heterocycles. The first-order valence-corrected chi connectivity index (χ1v) is 12.4. The maximum Gasteiger partial charge on any atom is 0.248 e. The van der Waals surface area contributed by atoms with Gasteiger partial charge in [-0.3, -0.25) is 9.69 Å². The van der Waals surface area contributed by atoms with E-state index in [1.807, 2.05) is 30.3 Å². The monoisotopic (exact) mass is 487 g/mol. The molecule has 6 heteroatoms. The fourth-order valence-corrected chi connectivity index (χ4v) is 5.43. The summed E-state index contributed by atoms with van der Waals surface area (Å²) in [5.74, 6) is 0.0641. The normalized spacial score (nSPS) is 14.6. The number of fused-ring (bicyclic) bond motifs is 1. The van der Waals surface area contributed by atoms with Crippen molar-refractivity contribution in [2.24, 2.45) is 11.7 Å². The first-order chi connectivity index (χ1) is 17.0. The molecule has 2 heterocycles. The molecule has 4 aromatic rings. The zero-order valence-electron chi connectivity index (χ0n) is 20.7. The second-order valence-electron chi connectivity index (χ2n) is 9.78. The topological polar surface area (TPSA) is 82.8 Å². The summed E-state index contributed by atoms with van der Waals surface area (Å²) in [4.78, 5) is 13.9. The van der Waals surface area contributed by atoms with Crippen molar-refractivity contribution in [1.82, 2.24) is 9.47 Å². The van der Waals surface area contributed by atoms with E-state index in [-0.39, 0.29) is 11.3 Å². The van der Waals surface area contributed by atoms with Gasteiger partial charge in [-0.15, -0.1) is 0 Å². The number of rotatable bonds is 7. The molecular weight excluding hydrogens is 453 g/mol. The quantitative estimate of drug-likeness (QED) is 0.404. The summed E-state index contributed by atoms with van der Waals surface area (Å²) >= 11 is 0. The van der Waals surface area contributed by atoms with Crippen LogP contribution in [-0.4, -0.2) is 33.9 Å². The zero-order chi connectivity index (χ0) is 24.4. The number of likely N-dealkylation sites (tertiary alicyclic amines) is 1. The third-order valence-electron chi connectivity index (χ3n) is 7.42. The summed E-state index contributed by atoms with van der Waals surface area (Å²) in [6, 6.07) is 23.2. The average Bonchev–Trinajstić information content (AvgIpc) is 3.11. The van der Waals surface area contributed by atoms with E-state index < -0.39 is 5.91 Å². The predicted molar refractivity (Wildman–Crippen MR) is 142 cm³/mol. The smallest absolute Gasteiger partial charge is 0.248 e. The number of carbonyl (C=O) groups excluding carboxylic acids is 1. The highest BCUT2D eigenvalue weighted by Crippen LogP contribution is 2.31. The molecule has 0 unspecified atom stereocenters. The van der Waals surface area contributed by atoms with Crippen molar-refractivity contribution in [3.8, 4) is 0 Å². The van der Waals surface area contributed by atoms with Crippen LogP contribution in [0.1, 0.15) is 45.6 Å². The number of piperidine rings is 1. The number of primary amides is 1. The van der Waals surface area contributed by atoms with Crippen LogP contribution in [0.5, 0.6) is 0 Å². The summed E-state index contributed by atoms with van der Waals surface area (Å²) < 4.78 is 16.0. The van der Waals surface area contributed by atoms with Gasteiger partial charge in [-0.2, -0.15) is 0 Å². The summed E-state index contributed by atoms with van der Waals surface area (Å²) in [6.07, 6.45) is 3.11. The largest absolute Gasteiger partial charge is 0.412 e. The van der Waals surface area contributed by atoms with Crippen molar-refractivity contribution in [3.63, 3.8) is 0 Å². The van der Waals surface area contributed by atoms with E-state index in [2.05, 4.69) is 40.7 Å². The second-order valence-corrected chi connectivity index (χ2v) is 9.78. The molecule has 0 aliphatic carbocycles. The van der Waals surface area contributed by atoms with Gasteiger partial charge in [0.25, 0.3) is 0 Å². The summed E-state index contributed by atoms with van der Waals surface area (Å²) in [5.41, 5.74) is 12.1. The van der Waals surface area contributed by atoms with Crippen LogP contribution in [0.25, 0.3) is 10.9 Å². The Morgan fingerprint density at radius 1 is 0.972 bits per heavy atom. The fraction of sp³-hybridized carbons (Fsp3) is 0.300. The SMILES string of the molecule is Cc1c(Cc2ccc(C(N)=O)cc2)c2ccccc2n1CC1CCN(Cc2cccc(F)c2)CC1.O. The molecule has 0 saturated carbocycles. The lowest BCUT2D eigenvalue weighted by Crippen LogP contribution is -2.34. The van der Waals surface area contributed by atoms with Crippen molar-refractivity contribution in [1.29, 1.82) is 0 Å². The van der Waals surface area contributed by atoms with Crippen molar-refractivity contribution in [2.45, 2.75) is 39.3 Å². The highest BCUT2D eigenvalue weighted by molar-refractivity contribution is 5.92. The van der Waals surface area contributed by atoms with E-state index in [1.54, 1.807) is 12.1 Å². The Bertz CT molecular complexity index is 1340. The van der Waals surface area contributed by atoms with Gasteiger partial charge in [-0.25, -0.2) is 4.39 Å². The number of nitrogens with zero attached hydrogens (tertiary/aromatic N) is 2. The Hall–Kier alpha value is -3.48. The van der Waals surface area contributed by atoms with Crippen LogP contribution in [-0.2, 0) is 19.5 Å². The van der Waals surface area contributed by atoms with Crippen LogP contribution in [0.15, 0.2) is 72.8 Å². The summed E-state index contributed by atoms with van der Waals surface area (Å²) in [6.45, 7) is 6.14. The molecule has 36 heavy (non-hydrogen) atoms. The molecule has 5 rings (SSSR count). The average molecular weight is 488 g/mol. The number of amides is 1. The van der Waals surface area contributed by atoms with Crippen LogP contribution in [0, 0.1) is 18.7 Å². The minimum atomic E-state index is -0.397. The highest BCUT2D eigenvalue weighted by atomic mass is 19.1. The van der Waals surface area contributed by atoms with Gasteiger partial charge in [0.15, 0.2) is 0 Å². The number of hydrogen-bond donors (Lipinski definition) is 1. The van der Waals surface area contributed by atoms with Gasteiger partial charge in [0.05, 0.1) is 0 Å². The van der Waals surface area contributed by atoms with Gasteiger partial charge >= 0.3 is 0 Å². The van der Waals surface area contributed by atoms with Gasteiger partial charge in [0, 0.05) is 35.2 Å². The molecule has 3 aromatic carbocycles. The number of para-hydroxylation sites is 1. The maximum absolute atomic E-state index is 13.5. The van der Waals surface area contributed by atoms with E-state index >= 15 is 0 Å². The molecule has 1 aromatic heterocycles. The molecule has 1 fully saturated rings. The Labute approximate surface area is 211 Å². The van der Waals surface area contributed by atoms with Crippen molar-refractivity contribution < 1.29 is 14.7 Å². The van der Waals surface area contributed by atoms with Crippen LogP contribution in [0.3, 0.4) is 0 Å². The molecule has 1 aliphatic rings. The Morgan fingerprint density at radius 2 is 1.69 bits per heavy atom.